The van der Waals surface area contributed by atoms with Gasteiger partial charge in [-0.2, -0.15) is 0 Å². The Balaban J connectivity index is 2.26. The summed E-state index contributed by atoms with van der Waals surface area (Å²) in [6.07, 6.45) is 0. The van der Waals surface area contributed by atoms with Crippen LogP contribution in [0.4, 0.5) is 4.79 Å². The summed E-state index contributed by atoms with van der Waals surface area (Å²) in [6.45, 7) is 2.18. The van der Waals surface area contributed by atoms with Crippen molar-refractivity contribution in [1.82, 2.24) is 10.6 Å². The van der Waals surface area contributed by atoms with Gasteiger partial charge in [-0.15, -0.1) is 11.3 Å². The molecule has 2 amide bonds. The van der Waals surface area contributed by atoms with E-state index in [0.29, 0.717) is 17.9 Å². The molecule has 1 aliphatic rings. The van der Waals surface area contributed by atoms with Gasteiger partial charge >= 0.3 is 12.0 Å². The van der Waals surface area contributed by atoms with E-state index in [4.69, 9.17) is 9.47 Å². The van der Waals surface area contributed by atoms with Gasteiger partial charge < -0.3 is 20.1 Å². The number of allylic oxidation sites excluding steroid dienone is 1. The normalized spacial score (nSPS) is 18.2. The highest BCUT2D eigenvalue weighted by atomic mass is 79.9. The van der Waals surface area contributed by atoms with Gasteiger partial charge in [-0.05, 0) is 35.0 Å². The Morgan fingerprint density at radius 3 is 2.81 bits per heavy atom. The molecule has 8 heteroatoms. The third-order valence-electron chi connectivity index (χ3n) is 2.89. The first-order chi connectivity index (χ1) is 10.0. The minimum atomic E-state index is -0.509. The first kappa shape index (κ1) is 16.0. The lowest BCUT2D eigenvalue weighted by Gasteiger charge is -2.27. The van der Waals surface area contributed by atoms with E-state index in [2.05, 4.69) is 26.6 Å². The van der Waals surface area contributed by atoms with E-state index < -0.39 is 12.0 Å². The standard InChI is InChI=1S/C13H15BrN2O4S/c1-7-10(12(17)20-6-5-19-2)11(16-13(18)15-7)8-3-4-9(14)21-8/h3-4,11H,5-6H2,1-2H3,(H2,15,16,18)/t11-/m1/s1. The lowest BCUT2D eigenvalue weighted by Crippen LogP contribution is -2.45. The van der Waals surface area contributed by atoms with Crippen LogP contribution in [0.25, 0.3) is 0 Å². The monoisotopic (exact) mass is 374 g/mol. The van der Waals surface area contributed by atoms with Crippen molar-refractivity contribution in [2.45, 2.75) is 13.0 Å². The van der Waals surface area contributed by atoms with E-state index in [-0.39, 0.29) is 12.6 Å². The number of methoxy groups -OCH3 is 1. The van der Waals surface area contributed by atoms with Gasteiger partial charge in [-0.1, -0.05) is 0 Å². The summed E-state index contributed by atoms with van der Waals surface area (Å²) in [7, 11) is 1.53. The van der Waals surface area contributed by atoms with Gasteiger partial charge in [-0.3, -0.25) is 0 Å². The Morgan fingerprint density at radius 1 is 1.43 bits per heavy atom. The van der Waals surface area contributed by atoms with Crippen LogP contribution in [0.15, 0.2) is 27.2 Å². The molecule has 0 radical (unpaired) electrons. The number of rotatable bonds is 5. The highest BCUT2D eigenvalue weighted by Crippen LogP contribution is 2.34. The molecule has 1 atom stereocenters. The molecule has 2 heterocycles. The molecule has 2 rings (SSSR count). The van der Waals surface area contributed by atoms with Gasteiger partial charge in [0.1, 0.15) is 6.61 Å². The Morgan fingerprint density at radius 2 is 2.19 bits per heavy atom. The average Bonchev–Trinajstić information content (AvgIpc) is 2.84. The minimum absolute atomic E-state index is 0.168. The molecular weight excluding hydrogens is 360 g/mol. The third-order valence-corrected chi connectivity index (χ3v) is 4.58. The smallest absolute Gasteiger partial charge is 0.338 e. The van der Waals surface area contributed by atoms with Crippen LogP contribution in [0.3, 0.4) is 0 Å². The van der Waals surface area contributed by atoms with Crippen LogP contribution in [0.1, 0.15) is 17.8 Å². The highest BCUT2D eigenvalue weighted by Gasteiger charge is 2.33. The van der Waals surface area contributed by atoms with E-state index in [1.54, 1.807) is 6.92 Å². The molecule has 0 spiro atoms. The second kappa shape index (κ2) is 7.06. The molecule has 2 N–H and O–H groups in total. The fourth-order valence-electron chi connectivity index (χ4n) is 1.96. The molecule has 0 saturated heterocycles. The first-order valence-corrected chi connectivity index (χ1v) is 7.83. The lowest BCUT2D eigenvalue weighted by molar-refractivity contribution is -0.140. The van der Waals surface area contributed by atoms with E-state index in [9.17, 15) is 9.59 Å². The summed E-state index contributed by atoms with van der Waals surface area (Å²) in [4.78, 5) is 24.8. The Labute approximate surface area is 134 Å². The molecule has 0 aliphatic carbocycles. The number of ether oxygens (including phenoxy) is 2. The topological polar surface area (TPSA) is 76.7 Å². The van der Waals surface area contributed by atoms with Crippen molar-refractivity contribution in [2.75, 3.05) is 20.3 Å². The number of carbonyl (C=O) groups excluding carboxylic acids is 2. The van der Waals surface area contributed by atoms with Gasteiger partial charge in [0, 0.05) is 17.7 Å². The summed E-state index contributed by atoms with van der Waals surface area (Å²) >= 11 is 4.83. The fourth-order valence-corrected chi connectivity index (χ4v) is 3.44. The van der Waals surface area contributed by atoms with E-state index in [1.165, 1.54) is 18.4 Å². The van der Waals surface area contributed by atoms with Gasteiger partial charge in [0.15, 0.2) is 0 Å². The summed E-state index contributed by atoms with van der Waals surface area (Å²) in [5.41, 5.74) is 0.899. The summed E-state index contributed by atoms with van der Waals surface area (Å²) in [6, 6.07) is 2.89. The molecular formula is C13H15BrN2O4S. The van der Waals surface area contributed by atoms with Gasteiger partial charge in [0.25, 0.3) is 0 Å². The van der Waals surface area contributed by atoms with E-state index >= 15 is 0 Å². The zero-order chi connectivity index (χ0) is 15.4. The number of amides is 2. The van der Waals surface area contributed by atoms with Crippen LogP contribution >= 0.6 is 27.3 Å². The molecule has 0 unspecified atom stereocenters. The second-order valence-electron chi connectivity index (χ2n) is 4.34. The van der Waals surface area contributed by atoms with Crippen LogP contribution in [0, 0.1) is 0 Å². The van der Waals surface area contributed by atoms with Crippen molar-refractivity contribution in [3.05, 3.63) is 32.1 Å². The summed E-state index contributed by atoms with van der Waals surface area (Å²) < 4.78 is 10.9. The number of halogens is 1. The largest absolute Gasteiger partial charge is 0.460 e. The number of urea groups is 1. The molecule has 1 aliphatic heterocycles. The molecule has 0 saturated carbocycles. The van der Waals surface area contributed by atoms with Gasteiger partial charge in [-0.25, -0.2) is 9.59 Å². The van der Waals surface area contributed by atoms with Crippen molar-refractivity contribution < 1.29 is 19.1 Å². The molecule has 21 heavy (non-hydrogen) atoms. The first-order valence-electron chi connectivity index (χ1n) is 6.22. The van der Waals surface area contributed by atoms with Crippen LogP contribution in [0.5, 0.6) is 0 Å². The van der Waals surface area contributed by atoms with Gasteiger partial charge in [0.05, 0.1) is 22.0 Å². The molecule has 1 aromatic rings. The zero-order valence-electron chi connectivity index (χ0n) is 11.6. The molecule has 0 aromatic carbocycles. The average molecular weight is 375 g/mol. The lowest BCUT2D eigenvalue weighted by atomic mass is 10.0. The SMILES string of the molecule is COCCOC(=O)C1=C(C)NC(=O)N[C@@H]1c1ccc(Br)s1. The van der Waals surface area contributed by atoms with Crippen molar-refractivity contribution in [3.63, 3.8) is 0 Å². The van der Waals surface area contributed by atoms with Crippen LogP contribution < -0.4 is 10.6 Å². The minimum Gasteiger partial charge on any atom is -0.460 e. The molecule has 6 nitrogen and oxygen atoms in total. The zero-order valence-corrected chi connectivity index (χ0v) is 14.0. The maximum atomic E-state index is 12.2. The van der Waals surface area contributed by atoms with Crippen LogP contribution in [-0.2, 0) is 14.3 Å². The van der Waals surface area contributed by atoms with Crippen LogP contribution in [-0.4, -0.2) is 32.3 Å². The fraction of sp³-hybridized carbons (Fsp3) is 0.385. The molecule has 114 valence electrons. The van der Waals surface area contributed by atoms with Crippen LogP contribution in [0.2, 0.25) is 0 Å². The van der Waals surface area contributed by atoms with Gasteiger partial charge in [0.2, 0.25) is 0 Å². The Kier molecular flexibility index (Phi) is 5.38. The predicted molar refractivity (Wildman–Crippen MR) is 82.0 cm³/mol. The maximum absolute atomic E-state index is 12.2. The van der Waals surface area contributed by atoms with Crippen molar-refractivity contribution in [1.29, 1.82) is 0 Å². The number of esters is 1. The highest BCUT2D eigenvalue weighted by molar-refractivity contribution is 9.11. The molecule has 0 fully saturated rings. The van der Waals surface area contributed by atoms with E-state index in [0.717, 1.165) is 8.66 Å². The maximum Gasteiger partial charge on any atom is 0.338 e. The number of hydrogen-bond donors (Lipinski definition) is 2. The molecule has 1 aromatic heterocycles. The van der Waals surface area contributed by atoms with Crippen molar-refractivity contribution in [3.8, 4) is 0 Å². The quantitative estimate of drug-likeness (QED) is 0.612. The van der Waals surface area contributed by atoms with Crippen molar-refractivity contribution >= 4 is 39.3 Å². The number of thiophene rings is 1. The van der Waals surface area contributed by atoms with Crippen molar-refractivity contribution in [2.24, 2.45) is 0 Å². The Bertz CT molecular complexity index is 584. The predicted octanol–water partition coefficient (Wildman–Crippen LogP) is 2.33. The third kappa shape index (κ3) is 3.84. The summed E-state index contributed by atoms with van der Waals surface area (Å²) in [5.74, 6) is -0.466. The molecule has 0 bridgehead atoms. The summed E-state index contributed by atoms with van der Waals surface area (Å²) in [5, 5.41) is 5.34. The number of hydrogen-bond acceptors (Lipinski definition) is 5. The number of carbonyl (C=O) groups is 2. The Hall–Kier alpha value is -1.38. The second-order valence-corrected chi connectivity index (χ2v) is 6.84. The number of nitrogens with one attached hydrogen (secondary N) is 2. The van der Waals surface area contributed by atoms with E-state index in [1.807, 2.05) is 12.1 Å².